The number of aliphatic hydroxyl groups excluding tert-OH is 2. The van der Waals surface area contributed by atoms with Gasteiger partial charge in [0, 0.05) is 31.0 Å². The molecule has 0 aliphatic rings. The molecule has 0 spiro atoms. The number of ketones is 1. The number of Topliss-reactive ketones (excluding diaryl/α,β-unsaturated/α-hetero) is 1. The van der Waals surface area contributed by atoms with Gasteiger partial charge in [-0.1, -0.05) is 26.0 Å². The Kier molecular flexibility index (Phi) is 8.82. The summed E-state index contributed by atoms with van der Waals surface area (Å²) in [7, 11) is -2.28. The van der Waals surface area contributed by atoms with E-state index in [-0.39, 0.29) is 30.5 Å². The highest BCUT2D eigenvalue weighted by Crippen LogP contribution is 2.31. The van der Waals surface area contributed by atoms with Crippen molar-refractivity contribution in [2.45, 2.75) is 51.7 Å². The van der Waals surface area contributed by atoms with Gasteiger partial charge < -0.3 is 10.2 Å². The van der Waals surface area contributed by atoms with E-state index in [1.54, 1.807) is 6.08 Å². The number of aromatic nitrogens is 2. The lowest BCUT2D eigenvalue weighted by Gasteiger charge is -2.20. The Morgan fingerprint density at radius 3 is 2.30 bits per heavy atom. The number of carbonyl (C=O) groups excluding carboxylic acids is 1. The molecule has 0 saturated heterocycles. The lowest BCUT2D eigenvalue weighted by molar-refractivity contribution is -0.119. The molecular formula is C23H30FN3O5S. The molecule has 2 atom stereocenters. The van der Waals surface area contributed by atoms with Crippen LogP contribution in [0.5, 0.6) is 0 Å². The van der Waals surface area contributed by atoms with Gasteiger partial charge in [-0.2, -0.15) is 0 Å². The standard InChI is InChI=1S/C23H30FN3O5S/c1-14(2)21-20(11-10-18(29)13-19(30)12-15(3)28)22(16-6-8-17(24)9-7-16)26-23(25-21)27(4)33(5,31)32/h6-11,14,18-19,29-30H,12-13H2,1-5H3. The highest BCUT2D eigenvalue weighted by molar-refractivity contribution is 7.92. The number of carbonyl (C=O) groups is 1. The van der Waals surface area contributed by atoms with E-state index in [0.717, 1.165) is 10.6 Å². The predicted molar refractivity (Wildman–Crippen MR) is 126 cm³/mol. The molecule has 0 amide bonds. The molecule has 2 rings (SSSR count). The van der Waals surface area contributed by atoms with Gasteiger partial charge >= 0.3 is 0 Å². The summed E-state index contributed by atoms with van der Waals surface area (Å²) in [6.07, 6.45) is 1.99. The summed E-state index contributed by atoms with van der Waals surface area (Å²) in [5, 5.41) is 20.3. The van der Waals surface area contributed by atoms with E-state index in [1.807, 2.05) is 13.8 Å². The monoisotopic (exact) mass is 479 g/mol. The molecule has 180 valence electrons. The van der Waals surface area contributed by atoms with Gasteiger partial charge in [0.05, 0.1) is 29.9 Å². The van der Waals surface area contributed by atoms with Crippen molar-refractivity contribution >= 4 is 27.8 Å². The topological polar surface area (TPSA) is 121 Å². The van der Waals surface area contributed by atoms with Crippen LogP contribution >= 0.6 is 0 Å². The Labute approximate surface area is 193 Å². The number of sulfonamides is 1. The zero-order valence-corrected chi connectivity index (χ0v) is 20.2. The number of benzene rings is 1. The second-order valence-electron chi connectivity index (χ2n) is 8.29. The first-order valence-corrected chi connectivity index (χ1v) is 12.3. The molecule has 0 bridgehead atoms. The minimum Gasteiger partial charge on any atom is -0.393 e. The van der Waals surface area contributed by atoms with Crippen molar-refractivity contribution in [2.24, 2.45) is 0 Å². The van der Waals surface area contributed by atoms with Crippen LogP contribution in [0.3, 0.4) is 0 Å². The number of rotatable bonds is 10. The van der Waals surface area contributed by atoms with Crippen LogP contribution in [0.1, 0.15) is 50.8 Å². The van der Waals surface area contributed by atoms with Gasteiger partial charge in [-0.15, -0.1) is 0 Å². The lowest BCUT2D eigenvalue weighted by atomic mass is 9.97. The molecule has 10 heteroatoms. The Balaban J connectivity index is 2.61. The quantitative estimate of drug-likeness (QED) is 0.537. The molecule has 0 fully saturated rings. The fourth-order valence-corrected chi connectivity index (χ4v) is 3.55. The van der Waals surface area contributed by atoms with Gasteiger partial charge in [-0.3, -0.25) is 4.79 Å². The molecule has 1 heterocycles. The van der Waals surface area contributed by atoms with Crippen LogP contribution in [0, 0.1) is 5.82 Å². The van der Waals surface area contributed by atoms with E-state index in [1.165, 1.54) is 44.3 Å². The maximum absolute atomic E-state index is 13.5. The highest BCUT2D eigenvalue weighted by Gasteiger charge is 2.22. The van der Waals surface area contributed by atoms with Gasteiger partial charge in [0.15, 0.2) is 0 Å². The van der Waals surface area contributed by atoms with E-state index in [2.05, 4.69) is 9.97 Å². The Hall–Kier alpha value is -2.69. The summed E-state index contributed by atoms with van der Waals surface area (Å²) in [5.41, 5.74) is 1.96. The molecule has 2 aromatic rings. The average Bonchev–Trinajstić information content (AvgIpc) is 2.70. The molecule has 1 aromatic heterocycles. The number of anilines is 1. The predicted octanol–water partition coefficient (Wildman–Crippen LogP) is 2.91. The number of hydrogen-bond acceptors (Lipinski definition) is 7. The minimum atomic E-state index is -3.63. The van der Waals surface area contributed by atoms with E-state index in [4.69, 9.17) is 0 Å². The van der Waals surface area contributed by atoms with Crippen LogP contribution in [0.2, 0.25) is 0 Å². The largest absolute Gasteiger partial charge is 0.393 e. The van der Waals surface area contributed by atoms with Crippen molar-refractivity contribution < 1.29 is 27.8 Å². The number of hydrogen-bond donors (Lipinski definition) is 2. The van der Waals surface area contributed by atoms with Gasteiger partial charge in [-0.05, 0) is 37.1 Å². The number of aliphatic hydroxyl groups is 2. The summed E-state index contributed by atoms with van der Waals surface area (Å²) in [5.74, 6) is -0.787. The van der Waals surface area contributed by atoms with Gasteiger partial charge in [0.1, 0.15) is 11.6 Å². The van der Waals surface area contributed by atoms with Gasteiger partial charge in [-0.25, -0.2) is 27.1 Å². The molecule has 2 unspecified atom stereocenters. The fourth-order valence-electron chi connectivity index (χ4n) is 3.18. The lowest BCUT2D eigenvalue weighted by Crippen LogP contribution is -2.27. The first-order chi connectivity index (χ1) is 15.3. The Bertz CT molecular complexity index is 1120. The van der Waals surface area contributed by atoms with Crippen LogP contribution in [0.25, 0.3) is 17.3 Å². The van der Waals surface area contributed by atoms with Crippen molar-refractivity contribution in [3.05, 3.63) is 47.4 Å². The number of nitrogens with zero attached hydrogens (tertiary/aromatic N) is 3. The maximum Gasteiger partial charge on any atom is 0.239 e. The van der Waals surface area contributed by atoms with E-state index in [0.29, 0.717) is 22.5 Å². The van der Waals surface area contributed by atoms with Crippen molar-refractivity contribution in [2.75, 3.05) is 17.6 Å². The second-order valence-corrected chi connectivity index (χ2v) is 10.3. The third-order valence-corrected chi connectivity index (χ3v) is 6.09. The molecule has 0 aliphatic heterocycles. The molecule has 2 N–H and O–H groups in total. The molecule has 0 aliphatic carbocycles. The Morgan fingerprint density at radius 2 is 1.79 bits per heavy atom. The summed E-state index contributed by atoms with van der Waals surface area (Å²) in [6, 6.07) is 5.59. The minimum absolute atomic E-state index is 0.0323. The summed E-state index contributed by atoms with van der Waals surface area (Å²) in [4.78, 5) is 20.1. The number of halogens is 1. The molecular weight excluding hydrogens is 449 g/mol. The molecule has 0 radical (unpaired) electrons. The molecule has 8 nitrogen and oxygen atoms in total. The van der Waals surface area contributed by atoms with Crippen LogP contribution in [0.4, 0.5) is 10.3 Å². The van der Waals surface area contributed by atoms with Crippen molar-refractivity contribution in [3.63, 3.8) is 0 Å². The normalized spacial score (nSPS) is 14.0. The van der Waals surface area contributed by atoms with E-state index in [9.17, 15) is 27.8 Å². The molecule has 0 saturated carbocycles. The van der Waals surface area contributed by atoms with E-state index >= 15 is 0 Å². The zero-order chi connectivity index (χ0) is 24.9. The summed E-state index contributed by atoms with van der Waals surface area (Å²) in [6.45, 7) is 5.12. The van der Waals surface area contributed by atoms with Gasteiger partial charge in [0.2, 0.25) is 16.0 Å². The van der Waals surface area contributed by atoms with Crippen LogP contribution in [0.15, 0.2) is 30.3 Å². The first kappa shape index (κ1) is 26.6. The molecule has 33 heavy (non-hydrogen) atoms. The maximum atomic E-state index is 13.5. The van der Waals surface area contributed by atoms with E-state index < -0.39 is 28.0 Å². The van der Waals surface area contributed by atoms with Crippen LogP contribution in [-0.4, -0.2) is 59.9 Å². The average molecular weight is 480 g/mol. The first-order valence-electron chi connectivity index (χ1n) is 10.4. The van der Waals surface area contributed by atoms with Crippen LogP contribution in [-0.2, 0) is 14.8 Å². The van der Waals surface area contributed by atoms with Crippen molar-refractivity contribution in [1.29, 1.82) is 0 Å². The van der Waals surface area contributed by atoms with Crippen LogP contribution < -0.4 is 4.31 Å². The fraction of sp³-hybridized carbons (Fsp3) is 0.435. The third-order valence-electron chi connectivity index (χ3n) is 4.93. The highest BCUT2D eigenvalue weighted by atomic mass is 32.2. The molecule has 1 aromatic carbocycles. The third kappa shape index (κ3) is 7.41. The Morgan fingerprint density at radius 1 is 1.18 bits per heavy atom. The smallest absolute Gasteiger partial charge is 0.239 e. The van der Waals surface area contributed by atoms with Crippen molar-refractivity contribution in [3.8, 4) is 11.3 Å². The zero-order valence-electron chi connectivity index (χ0n) is 19.4. The summed E-state index contributed by atoms with van der Waals surface area (Å²) >= 11 is 0. The van der Waals surface area contributed by atoms with Gasteiger partial charge in [0.25, 0.3) is 0 Å². The SMILES string of the molecule is CC(=O)CC(O)CC(O)C=Cc1c(-c2ccc(F)cc2)nc(N(C)S(C)(=O)=O)nc1C(C)C. The second kappa shape index (κ2) is 11.0. The van der Waals surface area contributed by atoms with Crippen molar-refractivity contribution in [1.82, 2.24) is 9.97 Å². The summed E-state index contributed by atoms with van der Waals surface area (Å²) < 4.78 is 38.7.